The van der Waals surface area contributed by atoms with Crippen LogP contribution in [0.2, 0.25) is 0 Å². The number of rotatable bonds is 7. The molecule has 2 aromatic heterocycles. The number of aromatic nitrogens is 1. The van der Waals surface area contributed by atoms with Gasteiger partial charge in [-0.15, -0.1) is 11.3 Å². The normalized spacial score (nSPS) is 13.5. The molecular weight excluding hydrogens is 416 g/mol. The quantitative estimate of drug-likeness (QED) is 0.589. The fourth-order valence-electron chi connectivity index (χ4n) is 3.37. The van der Waals surface area contributed by atoms with Gasteiger partial charge in [0, 0.05) is 30.6 Å². The largest absolute Gasteiger partial charge is 0.469 e. The van der Waals surface area contributed by atoms with Crippen LogP contribution in [-0.4, -0.2) is 29.3 Å². The van der Waals surface area contributed by atoms with Gasteiger partial charge in [0.15, 0.2) is 5.13 Å². The van der Waals surface area contributed by atoms with Crippen LogP contribution in [-0.2, 0) is 22.6 Å². The molecule has 2 N–H and O–H groups in total. The Bertz CT molecular complexity index is 1100. The number of hydrogen-bond donors (Lipinski definition) is 2. The molecular formula is C22H22N4O4S. The molecule has 160 valence electrons. The molecule has 1 aliphatic rings. The Morgan fingerprint density at radius 1 is 1.23 bits per heavy atom. The minimum atomic E-state index is -0.296. The van der Waals surface area contributed by atoms with Crippen molar-refractivity contribution in [3.05, 3.63) is 64.6 Å². The van der Waals surface area contributed by atoms with E-state index in [-0.39, 0.29) is 24.1 Å². The minimum Gasteiger partial charge on any atom is -0.469 e. The van der Waals surface area contributed by atoms with Crippen LogP contribution < -0.4 is 15.5 Å². The lowest BCUT2D eigenvalue weighted by Crippen LogP contribution is -2.25. The smallest absolute Gasteiger partial charge is 0.260 e. The Morgan fingerprint density at radius 2 is 2.03 bits per heavy atom. The molecule has 9 heteroatoms. The van der Waals surface area contributed by atoms with E-state index in [2.05, 4.69) is 15.6 Å². The molecule has 3 aromatic rings. The van der Waals surface area contributed by atoms with Crippen molar-refractivity contribution in [2.75, 3.05) is 16.8 Å². The summed E-state index contributed by atoms with van der Waals surface area (Å²) in [6.07, 6.45) is 3.07. The van der Waals surface area contributed by atoms with Crippen LogP contribution in [0, 0.1) is 6.92 Å². The number of anilines is 2. The molecule has 0 spiro atoms. The maximum absolute atomic E-state index is 12.3. The highest BCUT2D eigenvalue weighted by Gasteiger charge is 2.21. The molecule has 3 heterocycles. The third kappa shape index (κ3) is 5.00. The van der Waals surface area contributed by atoms with Gasteiger partial charge in [0.05, 0.1) is 23.9 Å². The van der Waals surface area contributed by atoms with Crippen molar-refractivity contribution in [3.63, 3.8) is 0 Å². The average molecular weight is 439 g/mol. The molecule has 4 rings (SSSR count). The van der Waals surface area contributed by atoms with Gasteiger partial charge in [-0.2, -0.15) is 0 Å². The van der Waals surface area contributed by atoms with Crippen molar-refractivity contribution in [2.24, 2.45) is 0 Å². The third-order valence-corrected chi connectivity index (χ3v) is 5.83. The van der Waals surface area contributed by atoms with E-state index in [0.717, 1.165) is 24.2 Å². The van der Waals surface area contributed by atoms with Gasteiger partial charge in [0.2, 0.25) is 11.8 Å². The molecule has 8 nitrogen and oxygen atoms in total. The van der Waals surface area contributed by atoms with Crippen LogP contribution >= 0.6 is 11.3 Å². The molecule has 0 aliphatic carbocycles. The predicted octanol–water partition coefficient (Wildman–Crippen LogP) is 3.28. The first kappa shape index (κ1) is 20.8. The summed E-state index contributed by atoms with van der Waals surface area (Å²) >= 11 is 1.27. The zero-order valence-electron chi connectivity index (χ0n) is 17.0. The van der Waals surface area contributed by atoms with Gasteiger partial charge in [0.1, 0.15) is 5.76 Å². The van der Waals surface area contributed by atoms with Gasteiger partial charge in [-0.3, -0.25) is 19.7 Å². The van der Waals surface area contributed by atoms with Gasteiger partial charge in [0.25, 0.3) is 5.91 Å². The summed E-state index contributed by atoms with van der Waals surface area (Å²) in [6, 6.07) is 9.23. The summed E-state index contributed by atoms with van der Waals surface area (Å²) in [4.78, 5) is 42.4. The van der Waals surface area contributed by atoms with Crippen molar-refractivity contribution in [1.82, 2.24) is 10.3 Å². The van der Waals surface area contributed by atoms with Crippen molar-refractivity contribution >= 4 is 39.9 Å². The van der Waals surface area contributed by atoms with Crippen LogP contribution in [0.25, 0.3) is 0 Å². The number of thiazole rings is 1. The zero-order chi connectivity index (χ0) is 21.8. The maximum atomic E-state index is 12.3. The summed E-state index contributed by atoms with van der Waals surface area (Å²) in [5, 5.41) is 7.77. The number of nitrogens with zero attached hydrogens (tertiary/aromatic N) is 2. The number of nitrogens with one attached hydrogen (secondary N) is 2. The summed E-state index contributed by atoms with van der Waals surface area (Å²) in [7, 11) is 0. The average Bonchev–Trinajstić information content (AvgIpc) is 3.49. The Balaban J connectivity index is 1.26. The van der Waals surface area contributed by atoms with E-state index in [0.29, 0.717) is 35.1 Å². The minimum absolute atomic E-state index is 0.122. The van der Waals surface area contributed by atoms with Gasteiger partial charge < -0.3 is 14.6 Å². The van der Waals surface area contributed by atoms with E-state index in [4.69, 9.17) is 4.42 Å². The fraction of sp³-hybridized carbons (Fsp3) is 0.273. The lowest BCUT2D eigenvalue weighted by atomic mass is 10.2. The van der Waals surface area contributed by atoms with E-state index in [9.17, 15) is 14.4 Å². The Labute approximate surface area is 183 Å². The molecule has 0 saturated carbocycles. The fourth-order valence-corrected chi connectivity index (χ4v) is 4.08. The van der Waals surface area contributed by atoms with Gasteiger partial charge in [-0.05, 0) is 37.1 Å². The maximum Gasteiger partial charge on any atom is 0.260 e. The number of hydrogen-bond acceptors (Lipinski definition) is 6. The van der Waals surface area contributed by atoms with Crippen LogP contribution in [0.5, 0.6) is 0 Å². The highest BCUT2D eigenvalue weighted by atomic mass is 32.1. The topological polar surface area (TPSA) is 105 Å². The van der Waals surface area contributed by atoms with E-state index in [1.54, 1.807) is 23.3 Å². The first-order chi connectivity index (χ1) is 15.0. The standard InChI is InChI=1S/C22H22N4O4S/c1-14-18(8-10-30-14)21(29)25-22-24-16(13-31-22)11-19(27)23-12-15-4-6-17(7-5-15)26-9-2-3-20(26)28/h4-8,10,13H,2-3,9,11-12H2,1H3,(H,23,27)(H,24,25,29). The second-order valence-corrected chi connectivity index (χ2v) is 8.12. The van der Waals surface area contributed by atoms with E-state index in [1.165, 1.54) is 17.6 Å². The van der Waals surface area contributed by atoms with Crippen LogP contribution in [0.1, 0.15) is 40.2 Å². The third-order valence-electron chi connectivity index (χ3n) is 5.03. The Morgan fingerprint density at radius 3 is 2.71 bits per heavy atom. The molecule has 0 unspecified atom stereocenters. The first-order valence-electron chi connectivity index (χ1n) is 9.95. The molecule has 1 aromatic carbocycles. The zero-order valence-corrected chi connectivity index (χ0v) is 17.8. The first-order valence-corrected chi connectivity index (χ1v) is 10.8. The number of furan rings is 1. The molecule has 0 radical (unpaired) electrons. The number of aryl methyl sites for hydroxylation is 1. The van der Waals surface area contributed by atoms with Gasteiger partial charge in [-0.25, -0.2) is 4.98 Å². The number of amides is 3. The van der Waals surface area contributed by atoms with Crippen molar-refractivity contribution in [2.45, 2.75) is 32.7 Å². The number of carbonyl (C=O) groups excluding carboxylic acids is 3. The molecule has 31 heavy (non-hydrogen) atoms. The Hall–Kier alpha value is -3.46. The van der Waals surface area contributed by atoms with E-state index in [1.807, 2.05) is 24.3 Å². The van der Waals surface area contributed by atoms with Gasteiger partial charge in [-0.1, -0.05) is 12.1 Å². The summed E-state index contributed by atoms with van der Waals surface area (Å²) in [5.41, 5.74) is 2.88. The van der Waals surface area contributed by atoms with Crippen molar-refractivity contribution < 1.29 is 18.8 Å². The van der Waals surface area contributed by atoms with Crippen LogP contribution in [0.4, 0.5) is 10.8 Å². The monoisotopic (exact) mass is 438 g/mol. The van der Waals surface area contributed by atoms with Crippen molar-refractivity contribution in [3.8, 4) is 0 Å². The summed E-state index contributed by atoms with van der Waals surface area (Å²) in [6.45, 7) is 2.86. The van der Waals surface area contributed by atoms with Crippen LogP contribution in [0.3, 0.4) is 0 Å². The number of benzene rings is 1. The lowest BCUT2D eigenvalue weighted by molar-refractivity contribution is -0.120. The van der Waals surface area contributed by atoms with E-state index >= 15 is 0 Å². The van der Waals surface area contributed by atoms with Gasteiger partial charge >= 0.3 is 0 Å². The highest BCUT2D eigenvalue weighted by Crippen LogP contribution is 2.22. The number of carbonyl (C=O) groups is 3. The molecule has 1 aliphatic heterocycles. The van der Waals surface area contributed by atoms with Crippen LogP contribution in [0.15, 0.2) is 46.4 Å². The lowest BCUT2D eigenvalue weighted by Gasteiger charge is -2.16. The van der Waals surface area contributed by atoms with Crippen molar-refractivity contribution in [1.29, 1.82) is 0 Å². The molecule has 1 fully saturated rings. The van der Waals surface area contributed by atoms with E-state index < -0.39 is 0 Å². The predicted molar refractivity (Wildman–Crippen MR) is 117 cm³/mol. The molecule has 3 amide bonds. The summed E-state index contributed by atoms with van der Waals surface area (Å²) < 4.78 is 5.13. The summed E-state index contributed by atoms with van der Waals surface area (Å²) in [5.74, 6) is 0.233. The Kier molecular flexibility index (Phi) is 6.13. The second-order valence-electron chi connectivity index (χ2n) is 7.26. The molecule has 1 saturated heterocycles. The molecule has 0 bridgehead atoms. The SMILES string of the molecule is Cc1occc1C(=O)Nc1nc(CC(=O)NCc2ccc(N3CCCC3=O)cc2)cs1. The second kappa shape index (κ2) is 9.13. The molecule has 0 atom stereocenters. The highest BCUT2D eigenvalue weighted by molar-refractivity contribution is 7.14.